The van der Waals surface area contributed by atoms with Crippen LogP contribution in [0, 0.1) is 6.92 Å². The SMILES string of the molecule is Cc1cc2cocc2o1. The second-order valence-electron chi connectivity index (χ2n) is 2.05. The van der Waals surface area contributed by atoms with Gasteiger partial charge in [0, 0.05) is 0 Å². The van der Waals surface area contributed by atoms with Crippen LogP contribution in [0.3, 0.4) is 0 Å². The number of rotatable bonds is 0. The Morgan fingerprint density at radius 1 is 1.33 bits per heavy atom. The van der Waals surface area contributed by atoms with Crippen LogP contribution in [0.25, 0.3) is 11.0 Å². The molecule has 2 aromatic rings. The van der Waals surface area contributed by atoms with Crippen molar-refractivity contribution in [2.24, 2.45) is 0 Å². The molecule has 0 bridgehead atoms. The van der Waals surface area contributed by atoms with E-state index in [0.717, 1.165) is 16.7 Å². The predicted octanol–water partition coefficient (Wildman–Crippen LogP) is 2.33. The van der Waals surface area contributed by atoms with Gasteiger partial charge in [0.2, 0.25) is 0 Å². The van der Waals surface area contributed by atoms with Crippen molar-refractivity contribution < 1.29 is 8.83 Å². The molecule has 2 aromatic heterocycles. The van der Waals surface area contributed by atoms with Gasteiger partial charge >= 0.3 is 0 Å². The van der Waals surface area contributed by atoms with Gasteiger partial charge in [0.25, 0.3) is 0 Å². The normalized spacial score (nSPS) is 10.8. The van der Waals surface area contributed by atoms with Gasteiger partial charge in [0.15, 0.2) is 5.58 Å². The first-order valence-electron chi connectivity index (χ1n) is 2.78. The number of furan rings is 2. The van der Waals surface area contributed by atoms with Crippen LogP contribution in [0.4, 0.5) is 0 Å². The van der Waals surface area contributed by atoms with Crippen LogP contribution in [0.2, 0.25) is 0 Å². The van der Waals surface area contributed by atoms with E-state index < -0.39 is 0 Å². The molecule has 0 atom stereocenters. The molecule has 0 aromatic carbocycles. The number of fused-ring (bicyclic) bond motifs is 1. The van der Waals surface area contributed by atoms with Crippen molar-refractivity contribution in [3.8, 4) is 0 Å². The number of hydrogen-bond acceptors (Lipinski definition) is 2. The van der Waals surface area contributed by atoms with Gasteiger partial charge in [-0.05, 0) is 13.0 Å². The van der Waals surface area contributed by atoms with Crippen LogP contribution in [0.1, 0.15) is 5.76 Å². The van der Waals surface area contributed by atoms with E-state index in [4.69, 9.17) is 8.83 Å². The summed E-state index contributed by atoms with van der Waals surface area (Å²) in [6, 6.07) is 1.94. The van der Waals surface area contributed by atoms with E-state index in [9.17, 15) is 0 Å². The fourth-order valence-electron chi connectivity index (χ4n) is 0.905. The minimum atomic E-state index is 0.826. The molecular formula is C7H6O2. The minimum absolute atomic E-state index is 0.826. The Balaban J connectivity index is 2.92. The van der Waals surface area contributed by atoms with Crippen molar-refractivity contribution >= 4 is 11.0 Å². The Hall–Kier alpha value is -1.18. The van der Waals surface area contributed by atoms with Crippen molar-refractivity contribution in [3.05, 3.63) is 24.4 Å². The van der Waals surface area contributed by atoms with Crippen molar-refractivity contribution in [1.82, 2.24) is 0 Å². The molecule has 0 aliphatic rings. The summed E-state index contributed by atoms with van der Waals surface area (Å²) in [6.45, 7) is 1.92. The molecule has 0 N–H and O–H groups in total. The highest BCUT2D eigenvalue weighted by Gasteiger charge is 1.99. The van der Waals surface area contributed by atoms with E-state index in [0.29, 0.717) is 0 Å². The molecule has 0 spiro atoms. The Bertz CT molecular complexity index is 288. The van der Waals surface area contributed by atoms with E-state index in [1.165, 1.54) is 0 Å². The van der Waals surface area contributed by atoms with E-state index in [1.807, 2.05) is 13.0 Å². The van der Waals surface area contributed by atoms with Crippen LogP contribution >= 0.6 is 0 Å². The first-order chi connectivity index (χ1) is 4.36. The molecule has 0 amide bonds. The highest BCUT2D eigenvalue weighted by atomic mass is 16.4. The molecule has 2 rings (SSSR count). The molecule has 0 saturated heterocycles. The Morgan fingerprint density at radius 2 is 2.22 bits per heavy atom. The zero-order valence-corrected chi connectivity index (χ0v) is 5.05. The fourth-order valence-corrected chi connectivity index (χ4v) is 0.905. The van der Waals surface area contributed by atoms with Gasteiger partial charge in [-0.15, -0.1) is 0 Å². The summed E-state index contributed by atoms with van der Waals surface area (Å²) in [6.07, 6.45) is 3.27. The molecule has 2 nitrogen and oxygen atoms in total. The van der Waals surface area contributed by atoms with Crippen molar-refractivity contribution in [3.63, 3.8) is 0 Å². The van der Waals surface area contributed by atoms with Gasteiger partial charge in [-0.25, -0.2) is 0 Å². The molecule has 9 heavy (non-hydrogen) atoms. The van der Waals surface area contributed by atoms with Gasteiger partial charge in [0.1, 0.15) is 18.3 Å². The maximum atomic E-state index is 5.21. The van der Waals surface area contributed by atoms with Crippen LogP contribution in [0.5, 0.6) is 0 Å². The van der Waals surface area contributed by atoms with Gasteiger partial charge in [0.05, 0.1) is 5.39 Å². The summed E-state index contributed by atoms with van der Waals surface area (Å²) in [5, 5.41) is 1.03. The van der Waals surface area contributed by atoms with Crippen LogP contribution in [-0.4, -0.2) is 0 Å². The molecule has 0 radical (unpaired) electrons. The smallest absolute Gasteiger partial charge is 0.172 e. The Kier molecular flexibility index (Phi) is 0.730. The minimum Gasteiger partial charge on any atom is -0.468 e. The summed E-state index contributed by atoms with van der Waals surface area (Å²) < 4.78 is 10.1. The quantitative estimate of drug-likeness (QED) is 0.536. The zero-order chi connectivity index (χ0) is 6.27. The highest BCUT2D eigenvalue weighted by molar-refractivity contribution is 5.75. The van der Waals surface area contributed by atoms with E-state index >= 15 is 0 Å². The third-order valence-electron chi connectivity index (χ3n) is 1.28. The maximum Gasteiger partial charge on any atom is 0.172 e. The Labute approximate surface area is 52.1 Å². The van der Waals surface area contributed by atoms with Crippen LogP contribution < -0.4 is 0 Å². The average Bonchev–Trinajstić information content (AvgIpc) is 2.22. The monoisotopic (exact) mass is 122 g/mol. The second kappa shape index (κ2) is 1.41. The van der Waals surface area contributed by atoms with E-state index in [1.54, 1.807) is 12.5 Å². The molecule has 2 heteroatoms. The summed E-state index contributed by atoms with van der Waals surface area (Å²) in [5.74, 6) is 0.927. The number of hydrogen-bond donors (Lipinski definition) is 0. The molecule has 0 aliphatic carbocycles. The van der Waals surface area contributed by atoms with Crippen LogP contribution in [0.15, 0.2) is 27.4 Å². The molecular weight excluding hydrogens is 116 g/mol. The maximum absolute atomic E-state index is 5.21. The fraction of sp³-hybridized carbons (Fsp3) is 0.143. The molecule has 0 saturated carbocycles. The lowest BCUT2D eigenvalue weighted by atomic mass is 10.4. The van der Waals surface area contributed by atoms with Gasteiger partial charge < -0.3 is 8.83 Å². The zero-order valence-electron chi connectivity index (χ0n) is 5.05. The summed E-state index contributed by atoms with van der Waals surface area (Å²) in [5.41, 5.74) is 0.826. The second-order valence-corrected chi connectivity index (χ2v) is 2.05. The first kappa shape index (κ1) is 4.68. The molecule has 0 fully saturated rings. The third-order valence-corrected chi connectivity index (χ3v) is 1.28. The molecule has 0 aliphatic heterocycles. The van der Waals surface area contributed by atoms with Crippen molar-refractivity contribution in [1.29, 1.82) is 0 Å². The highest BCUT2D eigenvalue weighted by Crippen LogP contribution is 2.18. The lowest BCUT2D eigenvalue weighted by Gasteiger charge is -1.73. The van der Waals surface area contributed by atoms with Gasteiger partial charge in [-0.3, -0.25) is 0 Å². The number of aryl methyl sites for hydroxylation is 1. The van der Waals surface area contributed by atoms with Gasteiger partial charge in [-0.2, -0.15) is 0 Å². The third kappa shape index (κ3) is 0.560. The van der Waals surface area contributed by atoms with Gasteiger partial charge in [-0.1, -0.05) is 0 Å². The lowest BCUT2D eigenvalue weighted by Crippen LogP contribution is -1.51. The summed E-state index contributed by atoms with van der Waals surface area (Å²) in [7, 11) is 0. The first-order valence-corrected chi connectivity index (χ1v) is 2.78. The molecule has 2 heterocycles. The molecule has 46 valence electrons. The van der Waals surface area contributed by atoms with Crippen molar-refractivity contribution in [2.75, 3.05) is 0 Å². The van der Waals surface area contributed by atoms with Crippen molar-refractivity contribution in [2.45, 2.75) is 6.92 Å². The van der Waals surface area contributed by atoms with Crippen LogP contribution in [-0.2, 0) is 0 Å². The van der Waals surface area contributed by atoms with E-state index in [2.05, 4.69) is 0 Å². The largest absolute Gasteiger partial charge is 0.468 e. The topological polar surface area (TPSA) is 26.3 Å². The Morgan fingerprint density at radius 3 is 3.00 bits per heavy atom. The summed E-state index contributed by atoms with van der Waals surface area (Å²) in [4.78, 5) is 0. The lowest BCUT2D eigenvalue weighted by molar-refractivity contribution is 0.536. The molecule has 0 unspecified atom stereocenters. The summed E-state index contributed by atoms with van der Waals surface area (Å²) >= 11 is 0. The van der Waals surface area contributed by atoms with E-state index in [-0.39, 0.29) is 0 Å². The average molecular weight is 122 g/mol. The predicted molar refractivity (Wildman–Crippen MR) is 33.2 cm³/mol. The standard InChI is InChI=1S/C7H6O2/c1-5-2-6-3-8-4-7(6)9-5/h2-4H,1H3.